The summed E-state index contributed by atoms with van der Waals surface area (Å²) >= 11 is 0. The van der Waals surface area contributed by atoms with Gasteiger partial charge in [-0.3, -0.25) is 5.32 Å². The Balaban J connectivity index is 0.865. The van der Waals surface area contributed by atoms with Gasteiger partial charge in [0.2, 0.25) is 0 Å². The number of nitrogens with one attached hydrogen (secondary N) is 1. The summed E-state index contributed by atoms with van der Waals surface area (Å²) < 4.78 is 24.1. The molecular weight excluding hydrogens is 807 g/mol. The molecule has 4 aromatic rings. The molecule has 0 radical (unpaired) electrons. The van der Waals surface area contributed by atoms with Gasteiger partial charge < -0.3 is 24.1 Å². The minimum Gasteiger partial charge on any atom is -0.497 e. The normalized spacial score (nSPS) is 27.1. The number of benzene rings is 4. The van der Waals surface area contributed by atoms with Crippen molar-refractivity contribution in [1.29, 1.82) is 0 Å². The number of rotatable bonds is 17. The van der Waals surface area contributed by atoms with E-state index < -0.39 is 17.8 Å². The predicted octanol–water partition coefficient (Wildman–Crippen LogP) is 14.1. The number of carbonyl (C=O) groups is 1. The highest BCUT2D eigenvalue weighted by Gasteiger charge is 2.59. The van der Waals surface area contributed by atoms with Crippen LogP contribution < -0.4 is 14.8 Å². The molecule has 1 unspecified atom stereocenters. The topological polar surface area (TPSA) is 86.2 Å². The molecule has 65 heavy (non-hydrogen) atoms. The molecule has 0 aromatic heterocycles. The summed E-state index contributed by atoms with van der Waals surface area (Å²) in [5.41, 5.74) is 5.46. The first-order chi connectivity index (χ1) is 31.4. The molecule has 0 bridgehead atoms. The number of anilines is 1. The SMILES string of the molecule is COc1ccc(C(OCCC(O)c2ccc(NC(=O)O[C@H]3CC[C@@]4(C)C(=CC[C@H]5[C@@H]6CC[C@H]([C@H](C)CCCC(C)C)[C@@]6(C)CC[C@@H]54)C3)cc2)(c2ccccc2)c2ccc(OC)cc2)cc1. The van der Waals surface area contributed by atoms with Gasteiger partial charge in [0.1, 0.15) is 23.2 Å². The van der Waals surface area contributed by atoms with Crippen molar-refractivity contribution in [1.82, 2.24) is 0 Å². The Morgan fingerprint density at radius 3 is 2.03 bits per heavy atom. The zero-order valence-electron chi connectivity index (χ0n) is 40.2. The lowest BCUT2D eigenvalue weighted by molar-refractivity contribution is -0.0577. The minimum atomic E-state index is -0.969. The quantitative estimate of drug-likeness (QED) is 0.0811. The summed E-state index contributed by atoms with van der Waals surface area (Å²) in [6.45, 7) is 12.8. The van der Waals surface area contributed by atoms with Crippen LogP contribution in [0.25, 0.3) is 0 Å². The number of aliphatic hydroxyl groups is 1. The Hall–Kier alpha value is -4.59. The number of aliphatic hydroxyl groups excluding tert-OH is 1. The van der Waals surface area contributed by atoms with Crippen molar-refractivity contribution in [2.75, 3.05) is 26.1 Å². The maximum Gasteiger partial charge on any atom is 0.411 e. The van der Waals surface area contributed by atoms with E-state index in [2.05, 4.69) is 58.1 Å². The van der Waals surface area contributed by atoms with E-state index in [1.165, 1.54) is 56.9 Å². The van der Waals surface area contributed by atoms with Crippen LogP contribution in [0.4, 0.5) is 10.5 Å². The first kappa shape index (κ1) is 46.9. The van der Waals surface area contributed by atoms with Gasteiger partial charge in [0, 0.05) is 18.5 Å². The number of hydrogen-bond acceptors (Lipinski definition) is 6. The molecular formula is C58H75NO6. The van der Waals surface area contributed by atoms with E-state index in [0.717, 1.165) is 88.5 Å². The lowest BCUT2D eigenvalue weighted by atomic mass is 9.47. The molecule has 4 aromatic carbocycles. The van der Waals surface area contributed by atoms with Crippen molar-refractivity contribution in [3.05, 3.63) is 137 Å². The molecule has 4 aliphatic rings. The van der Waals surface area contributed by atoms with Crippen LogP contribution >= 0.6 is 0 Å². The van der Waals surface area contributed by atoms with Crippen LogP contribution in [-0.4, -0.2) is 38.1 Å². The molecule has 1 amide bonds. The number of amides is 1. The summed E-state index contributed by atoms with van der Waals surface area (Å²) in [5.74, 6) is 6.36. The van der Waals surface area contributed by atoms with E-state index in [1.807, 2.05) is 91.0 Å². The number of carbonyl (C=O) groups excluding carboxylic acids is 1. The molecule has 4 aliphatic carbocycles. The van der Waals surface area contributed by atoms with Crippen molar-refractivity contribution in [3.8, 4) is 11.5 Å². The Kier molecular flexibility index (Phi) is 14.5. The van der Waals surface area contributed by atoms with E-state index >= 15 is 0 Å². The van der Waals surface area contributed by atoms with Crippen LogP contribution in [0.5, 0.6) is 11.5 Å². The van der Waals surface area contributed by atoms with Crippen molar-refractivity contribution < 1.29 is 28.8 Å². The van der Waals surface area contributed by atoms with Gasteiger partial charge in [-0.25, -0.2) is 4.79 Å². The second-order valence-electron chi connectivity index (χ2n) is 21.0. The van der Waals surface area contributed by atoms with E-state index in [-0.39, 0.29) is 18.1 Å². The van der Waals surface area contributed by atoms with Gasteiger partial charge in [-0.05, 0) is 150 Å². The summed E-state index contributed by atoms with van der Waals surface area (Å²) in [6, 6.07) is 33.4. The second-order valence-corrected chi connectivity index (χ2v) is 21.0. The number of methoxy groups -OCH3 is 2. The Labute approximate surface area is 389 Å². The van der Waals surface area contributed by atoms with Gasteiger partial charge in [0.15, 0.2) is 0 Å². The molecule has 3 saturated carbocycles. The average Bonchev–Trinajstić information content (AvgIpc) is 3.68. The standard InChI is InChI=1S/C58H75NO6/c1-39(2)12-11-13-40(3)51-30-31-52-50-29-22-45-38-49(32-35-56(45,4)53(50)33-36-57(51,52)5)65-55(61)59-46-23-16-41(17-24-46)54(60)34-37-64-58(42-14-9-8-10-15-42,43-18-25-47(62-6)26-19-43)44-20-27-48(63-7)28-21-44/h8-10,14-28,39-40,49-54,60H,11-13,29-38H2,1-7H3,(H,59,61)/t40-,49+,50+,51-,52+,53+,54?,56+,57-/m1/s1. The number of allylic oxidation sites excluding steroid dienone is 1. The lowest BCUT2D eigenvalue weighted by Crippen LogP contribution is -2.51. The van der Waals surface area contributed by atoms with Gasteiger partial charge in [-0.2, -0.15) is 0 Å². The van der Waals surface area contributed by atoms with Crippen LogP contribution in [0.3, 0.4) is 0 Å². The molecule has 3 fully saturated rings. The zero-order chi connectivity index (χ0) is 45.8. The highest BCUT2D eigenvalue weighted by Crippen LogP contribution is 2.67. The van der Waals surface area contributed by atoms with Crippen LogP contribution in [0.15, 0.2) is 115 Å². The van der Waals surface area contributed by atoms with Gasteiger partial charge in [-0.15, -0.1) is 0 Å². The van der Waals surface area contributed by atoms with E-state index in [0.29, 0.717) is 17.5 Å². The third-order valence-electron chi connectivity index (χ3n) is 17.0. The molecule has 0 heterocycles. The first-order valence-corrected chi connectivity index (χ1v) is 24.8. The monoisotopic (exact) mass is 882 g/mol. The van der Waals surface area contributed by atoms with Gasteiger partial charge >= 0.3 is 6.09 Å². The second kappa shape index (κ2) is 20.1. The fourth-order valence-corrected chi connectivity index (χ4v) is 13.4. The highest BCUT2D eigenvalue weighted by atomic mass is 16.6. The van der Waals surface area contributed by atoms with Crippen molar-refractivity contribution in [3.63, 3.8) is 0 Å². The Morgan fingerprint density at radius 1 is 0.754 bits per heavy atom. The molecule has 348 valence electrons. The number of fused-ring (bicyclic) bond motifs is 5. The van der Waals surface area contributed by atoms with Gasteiger partial charge in [0.05, 0.1) is 26.9 Å². The molecule has 9 atom stereocenters. The molecule has 8 rings (SSSR count). The predicted molar refractivity (Wildman–Crippen MR) is 261 cm³/mol. The summed E-state index contributed by atoms with van der Waals surface area (Å²) in [6.07, 6.45) is 15.3. The zero-order valence-corrected chi connectivity index (χ0v) is 40.2. The minimum absolute atomic E-state index is 0.123. The summed E-state index contributed by atoms with van der Waals surface area (Å²) in [5, 5.41) is 14.4. The van der Waals surface area contributed by atoms with Gasteiger partial charge in [-0.1, -0.05) is 132 Å². The Bertz CT molecular complexity index is 2150. The summed E-state index contributed by atoms with van der Waals surface area (Å²) in [4.78, 5) is 13.3. The molecule has 7 nitrogen and oxygen atoms in total. The third-order valence-corrected chi connectivity index (χ3v) is 17.0. The maximum absolute atomic E-state index is 13.3. The van der Waals surface area contributed by atoms with E-state index in [4.69, 9.17) is 18.9 Å². The molecule has 7 heteroatoms. The van der Waals surface area contributed by atoms with Crippen molar-refractivity contribution in [2.24, 2.45) is 46.3 Å². The van der Waals surface area contributed by atoms with Gasteiger partial charge in [0.25, 0.3) is 0 Å². The maximum atomic E-state index is 13.3. The largest absolute Gasteiger partial charge is 0.497 e. The number of hydrogen-bond donors (Lipinski definition) is 2. The van der Waals surface area contributed by atoms with Crippen LogP contribution in [0.1, 0.15) is 140 Å². The fraction of sp³-hybridized carbons (Fsp3) is 0.534. The van der Waals surface area contributed by atoms with Crippen LogP contribution in [0, 0.1) is 46.3 Å². The third kappa shape index (κ3) is 9.66. The van der Waals surface area contributed by atoms with E-state index in [1.54, 1.807) is 14.2 Å². The molecule has 0 spiro atoms. The molecule has 2 N–H and O–H groups in total. The fourth-order valence-electron chi connectivity index (χ4n) is 13.4. The van der Waals surface area contributed by atoms with Crippen molar-refractivity contribution >= 4 is 11.8 Å². The summed E-state index contributed by atoms with van der Waals surface area (Å²) in [7, 11) is 3.32. The van der Waals surface area contributed by atoms with E-state index in [9.17, 15) is 9.90 Å². The molecule has 0 aliphatic heterocycles. The van der Waals surface area contributed by atoms with Crippen molar-refractivity contribution in [2.45, 2.75) is 129 Å². The highest BCUT2D eigenvalue weighted by molar-refractivity contribution is 5.84. The van der Waals surface area contributed by atoms with Crippen LogP contribution in [0.2, 0.25) is 0 Å². The average molecular weight is 882 g/mol. The first-order valence-electron chi connectivity index (χ1n) is 24.8. The van der Waals surface area contributed by atoms with Crippen LogP contribution in [-0.2, 0) is 15.1 Å². The molecule has 0 saturated heterocycles. The lowest BCUT2D eigenvalue weighted by Gasteiger charge is -2.58. The smallest absolute Gasteiger partial charge is 0.411 e. The number of ether oxygens (including phenoxy) is 4. The Morgan fingerprint density at radius 2 is 1.40 bits per heavy atom.